The van der Waals surface area contributed by atoms with E-state index in [1.165, 1.54) is 12.1 Å². The minimum Gasteiger partial charge on any atom is -0.506 e. The number of ether oxygens (including phenoxy) is 1. The third-order valence-corrected chi connectivity index (χ3v) is 8.91. The Morgan fingerprint density at radius 2 is 1.58 bits per heavy atom. The molecule has 1 saturated heterocycles. The lowest BCUT2D eigenvalue weighted by atomic mass is 10.0. The highest BCUT2D eigenvalue weighted by molar-refractivity contribution is 5.91. The number of pyridine rings is 1. The molecule has 0 saturated carbocycles. The van der Waals surface area contributed by atoms with Gasteiger partial charge in [0.05, 0.1) is 17.3 Å². The molecule has 0 unspecified atom stereocenters. The number of benzene rings is 3. The van der Waals surface area contributed by atoms with E-state index in [1.807, 2.05) is 54.6 Å². The van der Waals surface area contributed by atoms with Crippen molar-refractivity contribution in [2.45, 2.75) is 50.7 Å². The highest BCUT2D eigenvalue weighted by atomic mass is 16.6. The molecule has 50 heavy (non-hydrogen) atoms. The predicted molar refractivity (Wildman–Crippen MR) is 195 cm³/mol. The maximum atomic E-state index is 12.7. The summed E-state index contributed by atoms with van der Waals surface area (Å²) in [5, 5.41) is 33.3. The summed E-state index contributed by atoms with van der Waals surface area (Å²) in [6.07, 6.45) is 3.71. The van der Waals surface area contributed by atoms with Crippen LogP contribution in [0.25, 0.3) is 22.0 Å². The zero-order chi connectivity index (χ0) is 35.1. The van der Waals surface area contributed by atoms with Crippen LogP contribution in [0.4, 0.5) is 15.3 Å². The second-order valence-corrected chi connectivity index (χ2v) is 12.6. The van der Waals surface area contributed by atoms with Crippen LogP contribution in [0.15, 0.2) is 83.7 Å². The summed E-state index contributed by atoms with van der Waals surface area (Å²) in [5.74, 6) is -0.0338. The standard InChI is InChI=1S/C38H48N6O6/c45-33-16-14-30(31-15-17-35(47)43-36(31)33)34(46)26-39-20-7-2-8-21-40-37(48)41-22-9-23-44-24-18-28(19-25-44)50-38(49)42-32-13-6-5-12-29(32)27-10-3-1-4-11-27/h1,3-6,10-17,28,34,39,45-46H,2,7-9,18-26H2,(H,42,49)(H,43,47)(H2,40,41,48)/t34-/m1/s1. The van der Waals surface area contributed by atoms with Gasteiger partial charge in [0.25, 0.3) is 0 Å². The Hall–Kier alpha value is -4.91. The molecule has 1 aromatic heterocycles. The summed E-state index contributed by atoms with van der Waals surface area (Å²) in [6.45, 7) is 4.79. The normalized spacial score (nSPS) is 14.3. The summed E-state index contributed by atoms with van der Waals surface area (Å²) in [7, 11) is 0. The van der Waals surface area contributed by atoms with Crippen molar-refractivity contribution in [2.75, 3.05) is 51.1 Å². The number of nitrogens with one attached hydrogen (secondary N) is 5. The van der Waals surface area contributed by atoms with E-state index in [9.17, 15) is 24.6 Å². The molecule has 0 aliphatic carbocycles. The van der Waals surface area contributed by atoms with Gasteiger partial charge in [-0.3, -0.25) is 10.1 Å². The molecular weight excluding hydrogens is 636 g/mol. The van der Waals surface area contributed by atoms with Crippen LogP contribution < -0.4 is 26.8 Å². The first-order valence-electron chi connectivity index (χ1n) is 17.5. The van der Waals surface area contributed by atoms with Crippen molar-refractivity contribution >= 4 is 28.7 Å². The Morgan fingerprint density at radius 1 is 0.860 bits per heavy atom. The monoisotopic (exact) mass is 684 g/mol. The molecule has 0 bridgehead atoms. The van der Waals surface area contributed by atoms with E-state index >= 15 is 0 Å². The Morgan fingerprint density at radius 3 is 2.38 bits per heavy atom. The van der Waals surface area contributed by atoms with Crippen LogP contribution in [0.1, 0.15) is 50.2 Å². The quantitative estimate of drug-likeness (QED) is 0.0801. The van der Waals surface area contributed by atoms with Crippen LogP contribution in [0.3, 0.4) is 0 Å². The number of aromatic hydroxyl groups is 1. The van der Waals surface area contributed by atoms with Crippen molar-refractivity contribution in [3.8, 4) is 16.9 Å². The number of phenols is 1. The van der Waals surface area contributed by atoms with Crippen molar-refractivity contribution in [1.29, 1.82) is 0 Å². The zero-order valence-corrected chi connectivity index (χ0v) is 28.3. The maximum absolute atomic E-state index is 12.7. The Labute approximate surface area is 292 Å². The number of rotatable bonds is 16. The van der Waals surface area contributed by atoms with Gasteiger partial charge in [-0.25, -0.2) is 9.59 Å². The SMILES string of the molecule is O=C(NCCCCCNC[C@@H](O)c1ccc(O)c2[nH]c(=O)ccc12)NCCCN1CCC(OC(=O)Nc2ccccc2-c2ccccc2)CC1. The number of likely N-dealkylation sites (tertiary alicyclic amines) is 1. The van der Waals surface area contributed by atoms with Gasteiger partial charge in [-0.2, -0.15) is 0 Å². The average molecular weight is 685 g/mol. The number of aromatic nitrogens is 1. The number of hydrogen-bond acceptors (Lipinski definition) is 8. The highest BCUT2D eigenvalue weighted by Crippen LogP contribution is 2.29. The second kappa shape index (κ2) is 18.7. The molecular formula is C38H48N6O6. The van der Waals surface area contributed by atoms with Crippen LogP contribution in [0.5, 0.6) is 5.75 Å². The lowest BCUT2D eigenvalue weighted by Gasteiger charge is -2.31. The largest absolute Gasteiger partial charge is 0.506 e. The first-order valence-corrected chi connectivity index (χ1v) is 17.5. The predicted octanol–water partition coefficient (Wildman–Crippen LogP) is 5.10. The smallest absolute Gasteiger partial charge is 0.411 e. The van der Waals surface area contributed by atoms with Crippen molar-refractivity contribution in [1.82, 2.24) is 25.8 Å². The molecule has 1 fully saturated rings. The number of urea groups is 1. The molecule has 266 valence electrons. The van der Waals surface area contributed by atoms with Crippen molar-refractivity contribution in [2.24, 2.45) is 0 Å². The minimum absolute atomic E-state index is 0.0338. The molecule has 1 aliphatic heterocycles. The van der Waals surface area contributed by atoms with Crippen LogP contribution in [0, 0.1) is 0 Å². The van der Waals surface area contributed by atoms with Gasteiger partial charge >= 0.3 is 12.1 Å². The van der Waals surface area contributed by atoms with Crippen molar-refractivity contribution in [3.63, 3.8) is 0 Å². The van der Waals surface area contributed by atoms with Gasteiger partial charge < -0.3 is 40.8 Å². The molecule has 4 aromatic rings. The van der Waals surface area contributed by atoms with E-state index in [0.29, 0.717) is 36.1 Å². The molecule has 12 heteroatoms. The van der Waals surface area contributed by atoms with Gasteiger partial charge in [0.1, 0.15) is 11.9 Å². The molecule has 3 aromatic carbocycles. The molecule has 0 spiro atoms. The molecule has 12 nitrogen and oxygen atoms in total. The number of fused-ring (bicyclic) bond motifs is 1. The number of nitrogens with zero attached hydrogens (tertiary/aromatic N) is 1. The maximum Gasteiger partial charge on any atom is 0.411 e. The summed E-state index contributed by atoms with van der Waals surface area (Å²) in [4.78, 5) is 41.4. The van der Waals surface area contributed by atoms with E-state index in [4.69, 9.17) is 4.74 Å². The third-order valence-electron chi connectivity index (χ3n) is 8.91. The van der Waals surface area contributed by atoms with E-state index < -0.39 is 12.2 Å². The number of piperidine rings is 1. The number of aliphatic hydroxyl groups excluding tert-OH is 1. The molecule has 7 N–H and O–H groups in total. The Bertz CT molecular complexity index is 1740. The number of carbonyl (C=O) groups excluding carboxylic acids is 2. The van der Waals surface area contributed by atoms with Gasteiger partial charge in [0.2, 0.25) is 5.56 Å². The number of para-hydroxylation sites is 1. The fourth-order valence-electron chi connectivity index (χ4n) is 6.22. The van der Waals surface area contributed by atoms with Crippen LogP contribution in [-0.2, 0) is 4.74 Å². The highest BCUT2D eigenvalue weighted by Gasteiger charge is 2.22. The fourth-order valence-corrected chi connectivity index (χ4v) is 6.22. The number of aliphatic hydroxyl groups is 1. The zero-order valence-electron chi connectivity index (χ0n) is 28.3. The first-order chi connectivity index (χ1) is 24.4. The molecule has 5 rings (SSSR count). The van der Waals surface area contributed by atoms with E-state index in [0.717, 1.165) is 81.5 Å². The van der Waals surface area contributed by atoms with Gasteiger partial charge in [0, 0.05) is 49.7 Å². The summed E-state index contributed by atoms with van der Waals surface area (Å²) in [6, 6.07) is 23.6. The number of H-pyrrole nitrogens is 1. The Kier molecular flexibility index (Phi) is 13.6. The van der Waals surface area contributed by atoms with E-state index in [1.54, 1.807) is 12.1 Å². The average Bonchev–Trinajstić information content (AvgIpc) is 3.12. The van der Waals surface area contributed by atoms with Crippen molar-refractivity contribution in [3.05, 3.63) is 94.8 Å². The summed E-state index contributed by atoms with van der Waals surface area (Å²) in [5.41, 5.74) is 3.34. The van der Waals surface area contributed by atoms with Crippen molar-refractivity contribution < 1.29 is 24.5 Å². The molecule has 1 aliphatic rings. The van der Waals surface area contributed by atoms with Gasteiger partial charge in [0.15, 0.2) is 0 Å². The molecule has 2 heterocycles. The van der Waals surface area contributed by atoms with Gasteiger partial charge in [-0.1, -0.05) is 61.0 Å². The number of phenolic OH excluding ortho intramolecular Hbond substituents is 1. The Balaban J connectivity index is 0.865. The lowest BCUT2D eigenvalue weighted by Crippen LogP contribution is -2.41. The van der Waals surface area contributed by atoms with Gasteiger partial charge in [-0.15, -0.1) is 0 Å². The molecule has 3 amide bonds. The van der Waals surface area contributed by atoms with Crippen LogP contribution in [-0.4, -0.2) is 84.1 Å². The minimum atomic E-state index is -0.789. The van der Waals surface area contributed by atoms with Gasteiger partial charge in [-0.05, 0) is 74.5 Å². The number of aromatic amines is 1. The topological polar surface area (TPSA) is 168 Å². The molecule has 1 atom stereocenters. The number of carbonyl (C=O) groups is 2. The van der Waals surface area contributed by atoms with E-state index in [2.05, 4.69) is 31.2 Å². The number of anilines is 1. The van der Waals surface area contributed by atoms with Crippen LogP contribution >= 0.6 is 0 Å². The summed E-state index contributed by atoms with van der Waals surface area (Å²) < 4.78 is 5.74. The summed E-state index contributed by atoms with van der Waals surface area (Å²) >= 11 is 0. The number of unbranched alkanes of at least 4 members (excludes halogenated alkanes) is 2. The van der Waals surface area contributed by atoms with Crippen LogP contribution in [0.2, 0.25) is 0 Å². The molecule has 0 radical (unpaired) electrons. The second-order valence-electron chi connectivity index (χ2n) is 12.6. The third kappa shape index (κ3) is 10.8. The first kappa shape index (κ1) is 36.4. The number of amides is 3. The number of hydrogen-bond donors (Lipinski definition) is 7. The fraction of sp³-hybridized carbons (Fsp3) is 0.395. The lowest BCUT2D eigenvalue weighted by molar-refractivity contribution is 0.0587. The van der Waals surface area contributed by atoms with E-state index in [-0.39, 0.29) is 23.4 Å².